The second kappa shape index (κ2) is 4.25. The molecule has 1 heterocycles. The lowest BCUT2D eigenvalue weighted by atomic mass is 10.3. The van der Waals surface area contributed by atoms with Gasteiger partial charge in [-0.05, 0) is 24.0 Å². The number of rotatable bonds is 5. The van der Waals surface area contributed by atoms with Gasteiger partial charge >= 0.3 is 5.97 Å². The number of hydrogen-bond acceptors (Lipinski definition) is 5. The highest BCUT2D eigenvalue weighted by molar-refractivity contribution is 5.92. The van der Waals surface area contributed by atoms with Gasteiger partial charge in [0.05, 0.1) is 0 Å². The van der Waals surface area contributed by atoms with E-state index in [-0.39, 0.29) is 12.4 Å². The van der Waals surface area contributed by atoms with Crippen LogP contribution in [0.25, 0.3) is 0 Å². The quantitative estimate of drug-likeness (QED) is 0.674. The smallest absolute Gasteiger partial charge is 0.323 e. The molecule has 0 spiro atoms. The first-order valence-electron chi connectivity index (χ1n) is 4.91. The molecule has 16 heavy (non-hydrogen) atoms. The summed E-state index contributed by atoms with van der Waals surface area (Å²) in [5.41, 5.74) is 0. The van der Waals surface area contributed by atoms with E-state index in [1.165, 1.54) is 4.90 Å². The first-order chi connectivity index (χ1) is 7.66. The van der Waals surface area contributed by atoms with Crippen molar-refractivity contribution in [2.75, 3.05) is 13.1 Å². The third-order valence-electron chi connectivity index (χ3n) is 2.33. The normalized spacial score (nSPS) is 14.8. The van der Waals surface area contributed by atoms with Gasteiger partial charge in [0, 0.05) is 6.54 Å². The van der Waals surface area contributed by atoms with Gasteiger partial charge in [-0.3, -0.25) is 9.59 Å². The molecule has 1 aromatic rings. The van der Waals surface area contributed by atoms with Crippen molar-refractivity contribution in [1.29, 1.82) is 0 Å². The summed E-state index contributed by atoms with van der Waals surface area (Å²) in [5, 5.41) is 21.2. The molecule has 0 aromatic carbocycles. The Labute approximate surface area is 90.6 Å². The minimum absolute atomic E-state index is 0.0955. The lowest BCUT2D eigenvalue weighted by Gasteiger charge is -2.18. The summed E-state index contributed by atoms with van der Waals surface area (Å²) in [6.45, 7) is 0.115. The Morgan fingerprint density at radius 1 is 1.50 bits per heavy atom. The maximum atomic E-state index is 11.8. The summed E-state index contributed by atoms with van der Waals surface area (Å²) < 4.78 is 0. The fraction of sp³-hybridized carbons (Fsp3) is 0.625. The van der Waals surface area contributed by atoms with Crippen LogP contribution in [0.5, 0.6) is 0 Å². The second-order valence-corrected chi connectivity index (χ2v) is 3.76. The topological polar surface area (TPSA) is 112 Å². The summed E-state index contributed by atoms with van der Waals surface area (Å²) in [6.07, 6.45) is 2.07. The van der Waals surface area contributed by atoms with Crippen molar-refractivity contribution in [1.82, 2.24) is 25.5 Å². The highest BCUT2D eigenvalue weighted by Gasteiger charge is 2.29. The number of tetrazole rings is 1. The first-order valence-corrected chi connectivity index (χ1v) is 4.91. The van der Waals surface area contributed by atoms with Crippen LogP contribution in [0.4, 0.5) is 0 Å². The monoisotopic (exact) mass is 225 g/mol. The number of hydrogen-bond donors (Lipinski definition) is 2. The van der Waals surface area contributed by atoms with Crippen LogP contribution in [0.3, 0.4) is 0 Å². The van der Waals surface area contributed by atoms with Crippen molar-refractivity contribution in [3.8, 4) is 0 Å². The Morgan fingerprint density at radius 2 is 2.25 bits per heavy atom. The van der Waals surface area contributed by atoms with Gasteiger partial charge in [0.25, 0.3) is 11.7 Å². The fourth-order valence-electron chi connectivity index (χ4n) is 1.39. The zero-order valence-electron chi connectivity index (χ0n) is 8.46. The van der Waals surface area contributed by atoms with Crippen molar-refractivity contribution >= 4 is 11.9 Å². The molecule has 1 aliphatic carbocycles. The number of nitrogens with one attached hydrogen (secondary N) is 1. The van der Waals surface area contributed by atoms with E-state index >= 15 is 0 Å². The second-order valence-electron chi connectivity index (χ2n) is 3.76. The minimum atomic E-state index is -1.04. The molecule has 0 bridgehead atoms. The van der Waals surface area contributed by atoms with E-state index in [1.807, 2.05) is 0 Å². The largest absolute Gasteiger partial charge is 0.480 e. The summed E-state index contributed by atoms with van der Waals surface area (Å²) in [4.78, 5) is 23.7. The number of carboxylic acids is 1. The summed E-state index contributed by atoms with van der Waals surface area (Å²) >= 11 is 0. The first kappa shape index (κ1) is 10.5. The zero-order valence-corrected chi connectivity index (χ0v) is 8.46. The number of nitrogens with zero attached hydrogens (tertiary/aromatic N) is 4. The van der Waals surface area contributed by atoms with E-state index in [2.05, 4.69) is 20.6 Å². The van der Waals surface area contributed by atoms with Gasteiger partial charge in [-0.2, -0.15) is 5.21 Å². The Kier molecular flexibility index (Phi) is 2.80. The van der Waals surface area contributed by atoms with Crippen LogP contribution in [-0.4, -0.2) is 55.6 Å². The average molecular weight is 225 g/mol. The molecular formula is C8H11N5O3. The number of carbonyl (C=O) groups is 2. The molecule has 2 N–H and O–H groups in total. The van der Waals surface area contributed by atoms with Crippen LogP contribution >= 0.6 is 0 Å². The van der Waals surface area contributed by atoms with Crippen LogP contribution < -0.4 is 0 Å². The number of aromatic nitrogens is 4. The van der Waals surface area contributed by atoms with E-state index in [0.717, 1.165) is 12.8 Å². The molecule has 1 aromatic heterocycles. The molecule has 1 fully saturated rings. The highest BCUT2D eigenvalue weighted by Crippen LogP contribution is 2.29. The van der Waals surface area contributed by atoms with Gasteiger partial charge in [-0.1, -0.05) is 0 Å². The van der Waals surface area contributed by atoms with E-state index in [9.17, 15) is 9.59 Å². The van der Waals surface area contributed by atoms with Gasteiger partial charge in [0.1, 0.15) is 6.54 Å². The van der Waals surface area contributed by atoms with Crippen LogP contribution in [0.15, 0.2) is 0 Å². The van der Waals surface area contributed by atoms with E-state index in [4.69, 9.17) is 5.11 Å². The van der Waals surface area contributed by atoms with Gasteiger partial charge in [0.15, 0.2) is 0 Å². The van der Waals surface area contributed by atoms with Crippen LogP contribution in [0.1, 0.15) is 23.5 Å². The predicted molar refractivity (Wildman–Crippen MR) is 50.4 cm³/mol. The predicted octanol–water partition coefficient (Wildman–Crippen LogP) is -0.864. The fourth-order valence-corrected chi connectivity index (χ4v) is 1.39. The maximum absolute atomic E-state index is 11.8. The molecule has 2 rings (SSSR count). The third-order valence-corrected chi connectivity index (χ3v) is 2.33. The van der Waals surface area contributed by atoms with Crippen LogP contribution in [-0.2, 0) is 4.79 Å². The standard InChI is InChI=1S/C8H11N5O3/c14-6(15)4-13(3-5-1-2-5)8(16)7-9-11-12-10-7/h5H,1-4H2,(H,14,15)(H,9,10,11,12). The molecule has 0 atom stereocenters. The Morgan fingerprint density at radius 3 is 2.75 bits per heavy atom. The van der Waals surface area contributed by atoms with Crippen molar-refractivity contribution in [3.05, 3.63) is 5.82 Å². The van der Waals surface area contributed by atoms with E-state index < -0.39 is 11.9 Å². The third kappa shape index (κ3) is 2.53. The molecule has 86 valence electrons. The van der Waals surface area contributed by atoms with Gasteiger partial charge in [0.2, 0.25) is 0 Å². The number of aliphatic carboxylic acids is 1. The number of aromatic amines is 1. The van der Waals surface area contributed by atoms with E-state index in [0.29, 0.717) is 12.5 Å². The molecule has 0 radical (unpaired) electrons. The Bertz CT molecular complexity index is 386. The molecule has 1 saturated carbocycles. The Hall–Kier alpha value is -1.99. The molecule has 0 aliphatic heterocycles. The molecule has 0 unspecified atom stereocenters. The number of H-pyrrole nitrogens is 1. The molecule has 8 heteroatoms. The van der Waals surface area contributed by atoms with Crippen LogP contribution in [0, 0.1) is 5.92 Å². The lowest BCUT2D eigenvalue weighted by molar-refractivity contribution is -0.137. The maximum Gasteiger partial charge on any atom is 0.323 e. The minimum Gasteiger partial charge on any atom is -0.480 e. The SMILES string of the molecule is O=C(O)CN(CC1CC1)C(=O)c1nn[nH]n1. The highest BCUT2D eigenvalue weighted by atomic mass is 16.4. The number of carbonyl (C=O) groups excluding carboxylic acids is 1. The molecule has 0 saturated heterocycles. The van der Waals surface area contributed by atoms with Gasteiger partial charge < -0.3 is 10.0 Å². The zero-order chi connectivity index (χ0) is 11.5. The van der Waals surface area contributed by atoms with Crippen molar-refractivity contribution in [3.63, 3.8) is 0 Å². The molecule has 8 nitrogen and oxygen atoms in total. The molecule has 1 amide bonds. The number of amides is 1. The lowest BCUT2D eigenvalue weighted by Crippen LogP contribution is -2.37. The van der Waals surface area contributed by atoms with Crippen molar-refractivity contribution < 1.29 is 14.7 Å². The van der Waals surface area contributed by atoms with Crippen LogP contribution in [0.2, 0.25) is 0 Å². The molecule has 1 aliphatic rings. The summed E-state index contributed by atoms with van der Waals surface area (Å²) in [6, 6.07) is 0. The van der Waals surface area contributed by atoms with Crippen molar-refractivity contribution in [2.24, 2.45) is 5.92 Å². The number of carboxylic acid groups (broad SMARTS) is 1. The Balaban J connectivity index is 2.04. The molecular weight excluding hydrogens is 214 g/mol. The average Bonchev–Trinajstić information content (AvgIpc) is 2.88. The summed E-state index contributed by atoms with van der Waals surface area (Å²) in [5.74, 6) is -1.22. The van der Waals surface area contributed by atoms with E-state index in [1.54, 1.807) is 0 Å². The van der Waals surface area contributed by atoms with Crippen molar-refractivity contribution in [2.45, 2.75) is 12.8 Å². The van der Waals surface area contributed by atoms with Gasteiger partial charge in [-0.15, -0.1) is 10.2 Å². The van der Waals surface area contributed by atoms with Gasteiger partial charge in [-0.25, -0.2) is 0 Å². The summed E-state index contributed by atoms with van der Waals surface area (Å²) in [7, 11) is 0.